The van der Waals surface area contributed by atoms with E-state index in [-0.39, 0.29) is 5.91 Å². The van der Waals surface area contributed by atoms with Crippen LogP contribution >= 0.6 is 11.8 Å². The number of rotatable bonds is 4. The smallest absolute Gasteiger partial charge is 0.277 e. The fourth-order valence-corrected chi connectivity index (χ4v) is 4.97. The Kier molecular flexibility index (Phi) is 5.53. The molecule has 4 rings (SSSR count). The van der Waals surface area contributed by atoms with Crippen molar-refractivity contribution in [1.82, 2.24) is 15.1 Å². The van der Waals surface area contributed by atoms with E-state index < -0.39 is 0 Å². The summed E-state index contributed by atoms with van der Waals surface area (Å²) in [6, 6.07) is 6.10. The fraction of sp³-hybridized carbons (Fsp3) is 0.571. The van der Waals surface area contributed by atoms with Gasteiger partial charge in [0.15, 0.2) is 0 Å². The van der Waals surface area contributed by atoms with E-state index >= 15 is 0 Å². The van der Waals surface area contributed by atoms with Crippen molar-refractivity contribution in [3.63, 3.8) is 0 Å². The van der Waals surface area contributed by atoms with Crippen LogP contribution in [0.4, 0.5) is 0 Å². The first kappa shape index (κ1) is 18.5. The number of benzene rings is 1. The number of carbonyl (C=O) groups excluding carboxylic acids is 1. The Morgan fingerprint density at radius 2 is 1.96 bits per heavy atom. The molecule has 1 aliphatic heterocycles. The fourth-order valence-electron chi connectivity index (χ4n) is 4.30. The van der Waals surface area contributed by atoms with E-state index in [1.165, 1.54) is 55.0 Å². The Bertz CT molecular complexity index is 820. The van der Waals surface area contributed by atoms with Gasteiger partial charge in [-0.3, -0.25) is 4.79 Å². The maximum absolute atomic E-state index is 12.6. The number of carbonyl (C=O) groups is 1. The Hall–Kier alpha value is -1.82. The van der Waals surface area contributed by atoms with Crippen molar-refractivity contribution in [3.8, 4) is 11.5 Å². The lowest BCUT2D eigenvalue weighted by Crippen LogP contribution is -2.45. The Morgan fingerprint density at radius 3 is 2.78 bits per heavy atom. The van der Waals surface area contributed by atoms with Crippen LogP contribution in [-0.4, -0.2) is 39.8 Å². The largest absolute Gasteiger partial charge is 0.411 e. The zero-order chi connectivity index (χ0) is 18.8. The normalized spacial score (nSPS) is 22.5. The first-order valence-corrected chi connectivity index (χ1v) is 10.9. The van der Waals surface area contributed by atoms with Gasteiger partial charge in [0.2, 0.25) is 11.8 Å². The summed E-state index contributed by atoms with van der Waals surface area (Å²) in [5.74, 6) is 2.62. The highest BCUT2D eigenvalue weighted by Gasteiger charge is 2.32. The minimum Gasteiger partial charge on any atom is -0.411 e. The molecule has 0 N–H and O–H groups in total. The number of piperidine rings is 1. The van der Waals surface area contributed by atoms with Crippen LogP contribution in [0.25, 0.3) is 11.5 Å². The zero-order valence-electron chi connectivity index (χ0n) is 16.1. The molecule has 27 heavy (non-hydrogen) atoms. The Balaban J connectivity index is 1.33. The van der Waals surface area contributed by atoms with Gasteiger partial charge in [0.05, 0.1) is 5.75 Å². The first-order chi connectivity index (χ1) is 13.1. The van der Waals surface area contributed by atoms with Crippen LogP contribution in [0.5, 0.6) is 0 Å². The van der Waals surface area contributed by atoms with E-state index in [4.69, 9.17) is 4.42 Å². The summed E-state index contributed by atoms with van der Waals surface area (Å²) in [4.78, 5) is 14.7. The molecule has 0 radical (unpaired) electrons. The number of aromatic nitrogens is 2. The molecule has 2 heterocycles. The highest BCUT2D eigenvalue weighted by Crippen LogP contribution is 2.36. The van der Waals surface area contributed by atoms with E-state index in [1.54, 1.807) is 0 Å². The van der Waals surface area contributed by atoms with Crippen LogP contribution in [0.2, 0.25) is 0 Å². The Labute approximate surface area is 164 Å². The molecule has 0 unspecified atom stereocenters. The van der Waals surface area contributed by atoms with Crippen LogP contribution < -0.4 is 0 Å². The van der Waals surface area contributed by atoms with Gasteiger partial charge in [0.25, 0.3) is 5.22 Å². The predicted molar refractivity (Wildman–Crippen MR) is 107 cm³/mol. The second-order valence-electron chi connectivity index (χ2n) is 7.89. The monoisotopic (exact) mass is 385 g/mol. The van der Waals surface area contributed by atoms with Crippen LogP contribution in [0, 0.1) is 25.7 Å². The average molecular weight is 386 g/mol. The SMILES string of the molecule is Cc1ccc(-c2nnc(SCC(=O)N3CC[C@H]4CCCC[C@@H]4C3)o2)cc1C. The molecule has 0 spiro atoms. The molecule has 0 bridgehead atoms. The molecule has 2 atom stereocenters. The first-order valence-electron chi connectivity index (χ1n) is 9.92. The van der Waals surface area contributed by atoms with E-state index in [2.05, 4.69) is 36.2 Å². The highest BCUT2D eigenvalue weighted by atomic mass is 32.2. The molecule has 1 aromatic heterocycles. The van der Waals surface area contributed by atoms with Gasteiger partial charge >= 0.3 is 0 Å². The zero-order valence-corrected chi connectivity index (χ0v) is 16.9. The number of thioether (sulfide) groups is 1. The van der Waals surface area contributed by atoms with Crippen molar-refractivity contribution in [3.05, 3.63) is 29.3 Å². The number of hydrogen-bond acceptors (Lipinski definition) is 5. The summed E-state index contributed by atoms with van der Waals surface area (Å²) in [5.41, 5.74) is 3.35. The standard InChI is InChI=1S/C21H27N3O2S/c1-14-7-8-17(11-15(14)2)20-22-23-21(26-20)27-13-19(25)24-10-9-16-5-3-4-6-18(16)12-24/h7-8,11,16,18H,3-6,9-10,12-13H2,1-2H3/t16-,18-/m1/s1. The molecule has 5 nitrogen and oxygen atoms in total. The Morgan fingerprint density at radius 1 is 1.15 bits per heavy atom. The molecule has 2 aliphatic rings. The van der Waals surface area contributed by atoms with Crippen LogP contribution in [0.3, 0.4) is 0 Å². The van der Waals surface area contributed by atoms with E-state index in [1.807, 2.05) is 11.0 Å². The van der Waals surface area contributed by atoms with Crippen LogP contribution in [0.15, 0.2) is 27.8 Å². The molecule has 1 saturated carbocycles. The van der Waals surface area contributed by atoms with Gasteiger partial charge in [-0.2, -0.15) is 0 Å². The van der Waals surface area contributed by atoms with Gasteiger partial charge in [-0.15, -0.1) is 10.2 Å². The van der Waals surface area contributed by atoms with Crippen molar-refractivity contribution in [2.75, 3.05) is 18.8 Å². The topological polar surface area (TPSA) is 59.2 Å². The molecular formula is C21H27N3O2S. The van der Waals surface area contributed by atoms with Crippen molar-refractivity contribution in [2.45, 2.75) is 51.2 Å². The molecule has 1 saturated heterocycles. The van der Waals surface area contributed by atoms with Gasteiger partial charge < -0.3 is 9.32 Å². The molecule has 1 amide bonds. The van der Waals surface area contributed by atoms with E-state index in [9.17, 15) is 4.79 Å². The van der Waals surface area contributed by atoms with Crippen molar-refractivity contribution in [2.24, 2.45) is 11.8 Å². The van der Waals surface area contributed by atoms with Crippen molar-refractivity contribution < 1.29 is 9.21 Å². The number of hydrogen-bond donors (Lipinski definition) is 0. The third kappa shape index (κ3) is 4.21. The van der Waals surface area contributed by atoms with Gasteiger partial charge in [-0.05, 0) is 61.8 Å². The quantitative estimate of drug-likeness (QED) is 0.726. The third-order valence-corrected chi connectivity index (χ3v) is 6.93. The minimum atomic E-state index is 0.190. The summed E-state index contributed by atoms with van der Waals surface area (Å²) < 4.78 is 5.76. The highest BCUT2D eigenvalue weighted by molar-refractivity contribution is 7.99. The van der Waals surface area contributed by atoms with Crippen molar-refractivity contribution >= 4 is 17.7 Å². The molecule has 144 valence electrons. The lowest BCUT2D eigenvalue weighted by atomic mass is 9.75. The van der Waals surface area contributed by atoms with Gasteiger partial charge in [0.1, 0.15) is 0 Å². The van der Waals surface area contributed by atoms with Gasteiger partial charge in [-0.1, -0.05) is 37.1 Å². The minimum absolute atomic E-state index is 0.190. The number of amides is 1. The maximum Gasteiger partial charge on any atom is 0.277 e. The number of likely N-dealkylation sites (tertiary alicyclic amines) is 1. The van der Waals surface area contributed by atoms with E-state index in [0.29, 0.717) is 22.8 Å². The lowest BCUT2D eigenvalue weighted by Gasteiger charge is -2.41. The van der Waals surface area contributed by atoms with Crippen LogP contribution in [0.1, 0.15) is 43.2 Å². The summed E-state index contributed by atoms with van der Waals surface area (Å²) in [7, 11) is 0. The second kappa shape index (κ2) is 8.05. The van der Waals surface area contributed by atoms with Gasteiger partial charge in [0, 0.05) is 18.7 Å². The average Bonchev–Trinajstić information content (AvgIpc) is 3.17. The molecule has 2 fully saturated rings. The molecule has 2 aromatic rings. The summed E-state index contributed by atoms with van der Waals surface area (Å²) in [6.07, 6.45) is 6.49. The molecule has 1 aliphatic carbocycles. The maximum atomic E-state index is 12.6. The molecular weight excluding hydrogens is 358 g/mol. The van der Waals surface area contributed by atoms with E-state index in [0.717, 1.165) is 24.6 Å². The summed E-state index contributed by atoms with van der Waals surface area (Å²) >= 11 is 1.34. The third-order valence-electron chi connectivity index (χ3n) is 6.12. The summed E-state index contributed by atoms with van der Waals surface area (Å²) in [6.45, 7) is 5.98. The van der Waals surface area contributed by atoms with Gasteiger partial charge in [-0.25, -0.2) is 0 Å². The second-order valence-corrected chi connectivity index (χ2v) is 8.82. The number of nitrogens with zero attached hydrogens (tertiary/aromatic N) is 3. The predicted octanol–water partition coefficient (Wildman–Crippen LogP) is 4.48. The van der Waals surface area contributed by atoms with Crippen LogP contribution in [-0.2, 0) is 4.79 Å². The number of aryl methyl sites for hydroxylation is 2. The molecule has 1 aromatic carbocycles. The lowest BCUT2D eigenvalue weighted by molar-refractivity contribution is -0.131. The summed E-state index contributed by atoms with van der Waals surface area (Å²) in [5, 5.41) is 8.70. The van der Waals surface area contributed by atoms with Crippen molar-refractivity contribution in [1.29, 1.82) is 0 Å². The molecule has 6 heteroatoms. The number of fused-ring (bicyclic) bond motifs is 1.